The number of likely N-dealkylation sites (N-methyl/N-ethyl adjacent to an activating group) is 1. The molecule has 22 heavy (non-hydrogen) atoms. The van der Waals surface area contributed by atoms with Gasteiger partial charge < -0.3 is 14.7 Å². The summed E-state index contributed by atoms with van der Waals surface area (Å²) < 4.78 is 41.6. The third-order valence-electron chi connectivity index (χ3n) is 2.84. The monoisotopic (exact) mass is 320 g/mol. The highest BCUT2D eigenvalue weighted by Gasteiger charge is 2.40. The van der Waals surface area contributed by atoms with Crippen LogP contribution in [0.4, 0.5) is 13.2 Å². The van der Waals surface area contributed by atoms with E-state index in [4.69, 9.17) is 5.11 Å². The second kappa shape index (κ2) is 7.21. The minimum atomic E-state index is -4.82. The fourth-order valence-corrected chi connectivity index (χ4v) is 1.62. The summed E-state index contributed by atoms with van der Waals surface area (Å²) in [5.74, 6) is -1.52. The minimum Gasteiger partial charge on any atom is -0.465 e. The summed E-state index contributed by atoms with van der Waals surface area (Å²) in [7, 11) is 1.16. The number of rotatable bonds is 5. The zero-order valence-corrected chi connectivity index (χ0v) is 11.9. The Labute approximate surface area is 124 Å². The van der Waals surface area contributed by atoms with Crippen molar-refractivity contribution in [2.24, 2.45) is 0 Å². The molecule has 0 bridgehead atoms. The van der Waals surface area contributed by atoms with Crippen molar-refractivity contribution >= 4 is 11.9 Å². The van der Waals surface area contributed by atoms with E-state index < -0.39 is 30.7 Å². The van der Waals surface area contributed by atoms with E-state index >= 15 is 0 Å². The van der Waals surface area contributed by atoms with Crippen LogP contribution >= 0.6 is 0 Å². The molecule has 0 aliphatic heterocycles. The lowest BCUT2D eigenvalue weighted by Crippen LogP contribution is -2.43. The average Bonchev–Trinajstić information content (AvgIpc) is 2.49. The number of halogens is 3. The first-order valence-electron chi connectivity index (χ1n) is 6.29. The van der Waals surface area contributed by atoms with Crippen LogP contribution in [0.25, 0.3) is 0 Å². The Morgan fingerprint density at radius 3 is 2.59 bits per heavy atom. The summed E-state index contributed by atoms with van der Waals surface area (Å²) in [5.41, 5.74) is -0.160. The zero-order valence-electron chi connectivity index (χ0n) is 11.9. The van der Waals surface area contributed by atoms with Crippen molar-refractivity contribution in [2.75, 3.05) is 20.2 Å². The van der Waals surface area contributed by atoms with Crippen LogP contribution in [0.2, 0.25) is 0 Å². The Bertz CT molecular complexity index is 548. The maximum absolute atomic E-state index is 12.4. The third-order valence-corrected chi connectivity index (χ3v) is 2.84. The summed E-state index contributed by atoms with van der Waals surface area (Å²) in [6, 6.07) is 2.43. The van der Waals surface area contributed by atoms with Crippen molar-refractivity contribution in [3.05, 3.63) is 29.6 Å². The first kappa shape index (κ1) is 17.9. The van der Waals surface area contributed by atoms with Crippen LogP contribution in [0, 0.1) is 0 Å². The molecule has 1 heterocycles. The van der Waals surface area contributed by atoms with Gasteiger partial charge in [0.1, 0.15) is 5.69 Å². The number of carbonyl (C=O) groups is 2. The number of hydrogen-bond donors (Lipinski definition) is 1. The fraction of sp³-hybridized carbons (Fsp3) is 0.462. The topological polar surface area (TPSA) is 79.7 Å². The van der Waals surface area contributed by atoms with Gasteiger partial charge in [0.05, 0.1) is 19.2 Å². The Morgan fingerprint density at radius 2 is 2.09 bits per heavy atom. The van der Waals surface area contributed by atoms with Gasteiger partial charge in [-0.1, -0.05) is 0 Å². The summed E-state index contributed by atoms with van der Waals surface area (Å²) in [6.07, 6.45) is -6.30. The molecule has 1 amide bonds. The smallest absolute Gasteiger partial charge is 0.416 e. The van der Waals surface area contributed by atoms with Gasteiger partial charge in [-0.2, -0.15) is 13.2 Å². The molecule has 0 aliphatic carbocycles. The number of nitrogens with zero attached hydrogens (tertiary/aromatic N) is 2. The van der Waals surface area contributed by atoms with Gasteiger partial charge in [0.2, 0.25) is 0 Å². The van der Waals surface area contributed by atoms with E-state index in [1.54, 1.807) is 0 Å². The number of esters is 1. The molecule has 0 aliphatic rings. The van der Waals surface area contributed by atoms with Crippen LogP contribution < -0.4 is 0 Å². The SMILES string of the molecule is CCN(CC(O)C(F)(F)F)C(=O)c1cc(C(=O)OC)ccn1. The van der Waals surface area contributed by atoms with Gasteiger partial charge in [-0.3, -0.25) is 9.78 Å². The molecular weight excluding hydrogens is 305 g/mol. The maximum atomic E-state index is 12.4. The van der Waals surface area contributed by atoms with Crippen LogP contribution in [0.3, 0.4) is 0 Å². The number of alkyl halides is 3. The number of pyridine rings is 1. The van der Waals surface area contributed by atoms with Crippen molar-refractivity contribution in [2.45, 2.75) is 19.2 Å². The highest BCUT2D eigenvalue weighted by atomic mass is 19.4. The molecule has 9 heteroatoms. The third kappa shape index (κ3) is 4.42. The summed E-state index contributed by atoms with van der Waals surface area (Å²) >= 11 is 0. The lowest BCUT2D eigenvalue weighted by Gasteiger charge is -2.24. The lowest BCUT2D eigenvalue weighted by molar-refractivity contribution is -0.206. The Kier molecular flexibility index (Phi) is 5.86. The van der Waals surface area contributed by atoms with E-state index in [9.17, 15) is 22.8 Å². The molecule has 1 aromatic rings. The molecule has 1 atom stereocenters. The molecule has 0 saturated carbocycles. The van der Waals surface area contributed by atoms with Gasteiger partial charge in [0.15, 0.2) is 6.10 Å². The fourth-order valence-electron chi connectivity index (χ4n) is 1.62. The van der Waals surface area contributed by atoms with Crippen molar-refractivity contribution in [1.82, 2.24) is 9.88 Å². The number of hydrogen-bond acceptors (Lipinski definition) is 5. The second-order valence-electron chi connectivity index (χ2n) is 4.32. The van der Waals surface area contributed by atoms with Gasteiger partial charge >= 0.3 is 12.1 Å². The Hall–Kier alpha value is -2.16. The molecule has 0 fully saturated rings. The molecular formula is C13H15F3N2O4. The normalized spacial score (nSPS) is 12.6. The van der Waals surface area contributed by atoms with Gasteiger partial charge in [0.25, 0.3) is 5.91 Å². The van der Waals surface area contributed by atoms with Crippen molar-refractivity contribution in [3.8, 4) is 0 Å². The lowest BCUT2D eigenvalue weighted by atomic mass is 10.2. The second-order valence-corrected chi connectivity index (χ2v) is 4.32. The molecule has 1 N–H and O–H groups in total. The number of ether oxygens (including phenoxy) is 1. The van der Waals surface area contributed by atoms with Crippen LogP contribution in [0.1, 0.15) is 27.8 Å². The number of aromatic nitrogens is 1. The molecule has 0 aromatic carbocycles. The Balaban J connectivity index is 2.95. The van der Waals surface area contributed by atoms with E-state index in [2.05, 4.69) is 9.72 Å². The number of aliphatic hydroxyl groups is 1. The summed E-state index contributed by atoms with van der Waals surface area (Å²) in [5, 5.41) is 9.05. The first-order chi connectivity index (χ1) is 10.2. The van der Waals surface area contributed by atoms with Crippen LogP contribution in [-0.2, 0) is 4.74 Å². The van der Waals surface area contributed by atoms with Gasteiger partial charge in [0, 0.05) is 12.7 Å². The van der Waals surface area contributed by atoms with Crippen LogP contribution in [0.15, 0.2) is 18.3 Å². The minimum absolute atomic E-state index is 0.0493. The van der Waals surface area contributed by atoms with E-state index in [0.717, 1.165) is 18.1 Å². The first-order valence-corrected chi connectivity index (χ1v) is 6.29. The largest absolute Gasteiger partial charge is 0.465 e. The van der Waals surface area contributed by atoms with Crippen LogP contribution in [-0.4, -0.2) is 59.3 Å². The average molecular weight is 320 g/mol. The van der Waals surface area contributed by atoms with Gasteiger partial charge in [-0.15, -0.1) is 0 Å². The molecule has 0 radical (unpaired) electrons. The number of methoxy groups -OCH3 is 1. The molecule has 0 saturated heterocycles. The number of amides is 1. The van der Waals surface area contributed by atoms with E-state index in [1.807, 2.05) is 0 Å². The van der Waals surface area contributed by atoms with Crippen molar-refractivity contribution in [3.63, 3.8) is 0 Å². The maximum Gasteiger partial charge on any atom is 0.416 e. The highest BCUT2D eigenvalue weighted by molar-refractivity contribution is 5.96. The van der Waals surface area contributed by atoms with Crippen molar-refractivity contribution < 1.29 is 32.6 Å². The van der Waals surface area contributed by atoms with Gasteiger partial charge in [-0.25, -0.2) is 4.79 Å². The van der Waals surface area contributed by atoms with E-state index in [1.165, 1.54) is 19.2 Å². The standard InChI is InChI=1S/C13H15F3N2O4/c1-3-18(7-10(19)13(14,15)16)11(20)9-6-8(4-5-17-9)12(21)22-2/h4-6,10,19H,3,7H2,1-2H3. The predicted octanol–water partition coefficient (Wildman–Crippen LogP) is 1.25. The van der Waals surface area contributed by atoms with E-state index in [-0.39, 0.29) is 17.8 Å². The highest BCUT2D eigenvalue weighted by Crippen LogP contribution is 2.21. The molecule has 1 unspecified atom stereocenters. The van der Waals surface area contributed by atoms with Crippen LogP contribution in [0.5, 0.6) is 0 Å². The number of carbonyl (C=O) groups excluding carboxylic acids is 2. The molecule has 6 nitrogen and oxygen atoms in total. The zero-order chi connectivity index (χ0) is 16.9. The Morgan fingerprint density at radius 1 is 1.45 bits per heavy atom. The molecule has 1 rings (SSSR count). The number of aliphatic hydroxyl groups excluding tert-OH is 1. The van der Waals surface area contributed by atoms with Gasteiger partial charge in [-0.05, 0) is 19.1 Å². The predicted molar refractivity (Wildman–Crippen MR) is 69.2 cm³/mol. The molecule has 122 valence electrons. The van der Waals surface area contributed by atoms with Crippen molar-refractivity contribution in [1.29, 1.82) is 0 Å². The molecule has 0 spiro atoms. The molecule has 1 aromatic heterocycles. The quantitative estimate of drug-likeness (QED) is 0.826. The van der Waals surface area contributed by atoms with E-state index in [0.29, 0.717) is 0 Å². The summed E-state index contributed by atoms with van der Waals surface area (Å²) in [4.78, 5) is 28.0. The summed E-state index contributed by atoms with van der Waals surface area (Å²) in [6.45, 7) is 0.490.